The molecular formula is C13H11F6NO5. The van der Waals surface area contributed by atoms with Crippen LogP contribution in [0.5, 0.6) is 5.75 Å². The molecular weight excluding hydrogens is 364 g/mol. The number of alkyl halides is 6. The number of nitrogens with zero attached hydrogens (tertiary/aromatic N) is 1. The van der Waals surface area contributed by atoms with E-state index < -0.39 is 24.3 Å². The van der Waals surface area contributed by atoms with Crippen molar-refractivity contribution < 1.29 is 50.9 Å². The number of halogens is 6. The molecule has 0 saturated carbocycles. The average molecular weight is 375 g/mol. The zero-order chi connectivity index (χ0) is 20.4. The Balaban J connectivity index is 0. The maximum Gasteiger partial charge on any atom is 0.490 e. The second kappa shape index (κ2) is 10.0. The Morgan fingerprint density at radius 3 is 1.60 bits per heavy atom. The first kappa shape index (κ1) is 24.3. The number of hydrogen-bond donors (Lipinski definition) is 2. The van der Waals surface area contributed by atoms with Gasteiger partial charge in [-0.15, -0.1) is 0 Å². The van der Waals surface area contributed by atoms with Gasteiger partial charge in [0.15, 0.2) is 0 Å². The molecule has 0 atom stereocenters. The lowest BCUT2D eigenvalue weighted by atomic mass is 10.1. The van der Waals surface area contributed by atoms with Crippen LogP contribution in [0.25, 0.3) is 0 Å². The van der Waals surface area contributed by atoms with Crippen LogP contribution in [0.4, 0.5) is 26.3 Å². The largest absolute Gasteiger partial charge is 0.495 e. The van der Waals surface area contributed by atoms with Crippen LogP contribution >= 0.6 is 0 Å². The fourth-order valence-electron chi connectivity index (χ4n) is 0.954. The molecule has 6 nitrogen and oxygen atoms in total. The van der Waals surface area contributed by atoms with Gasteiger partial charge in [-0.25, -0.2) is 9.59 Å². The van der Waals surface area contributed by atoms with Crippen molar-refractivity contribution in [2.75, 3.05) is 7.11 Å². The lowest BCUT2D eigenvalue weighted by molar-refractivity contribution is -0.193. The summed E-state index contributed by atoms with van der Waals surface area (Å²) in [4.78, 5) is 17.8. The summed E-state index contributed by atoms with van der Waals surface area (Å²) in [6, 6.07) is 7.63. The fourth-order valence-corrected chi connectivity index (χ4v) is 0.954. The highest BCUT2D eigenvalue weighted by Gasteiger charge is 2.38. The van der Waals surface area contributed by atoms with E-state index in [2.05, 4.69) is 6.07 Å². The monoisotopic (exact) mass is 375 g/mol. The van der Waals surface area contributed by atoms with Crippen LogP contribution in [0.15, 0.2) is 18.2 Å². The van der Waals surface area contributed by atoms with Crippen molar-refractivity contribution in [3.8, 4) is 11.8 Å². The normalized spacial score (nSPS) is 10.2. The van der Waals surface area contributed by atoms with E-state index in [9.17, 15) is 26.3 Å². The van der Waals surface area contributed by atoms with E-state index in [4.69, 9.17) is 29.8 Å². The predicted octanol–water partition coefficient (Wildman–Crippen LogP) is 3.14. The van der Waals surface area contributed by atoms with Crippen LogP contribution < -0.4 is 4.74 Å². The molecule has 0 aliphatic carbocycles. The minimum absolute atomic E-state index is 0.620. The maximum atomic E-state index is 10.6. The number of rotatable bonds is 1. The van der Waals surface area contributed by atoms with Gasteiger partial charge in [0, 0.05) is 0 Å². The molecule has 0 unspecified atom stereocenters. The molecule has 140 valence electrons. The maximum absolute atomic E-state index is 10.6. The van der Waals surface area contributed by atoms with Crippen molar-refractivity contribution >= 4 is 11.9 Å². The van der Waals surface area contributed by atoms with E-state index in [1.54, 1.807) is 13.2 Å². The van der Waals surface area contributed by atoms with Gasteiger partial charge in [-0.3, -0.25) is 0 Å². The van der Waals surface area contributed by atoms with Crippen LogP contribution in [0.1, 0.15) is 11.1 Å². The standard InChI is InChI=1S/C9H9NO.2C2HF3O2/c1-7-4-3-5-9(11-2)8(7)6-10;2*3-2(4,5)1(6)7/h3-5H,1-2H3;2*(H,6,7). The molecule has 25 heavy (non-hydrogen) atoms. The summed E-state index contributed by atoms with van der Waals surface area (Å²) >= 11 is 0. The summed E-state index contributed by atoms with van der Waals surface area (Å²) in [6.45, 7) is 1.89. The number of aryl methyl sites for hydroxylation is 1. The molecule has 0 heterocycles. The quantitative estimate of drug-likeness (QED) is 0.730. The molecule has 0 spiro atoms. The number of nitriles is 1. The van der Waals surface area contributed by atoms with Crippen molar-refractivity contribution in [2.45, 2.75) is 19.3 Å². The van der Waals surface area contributed by atoms with Crippen LogP contribution in [0, 0.1) is 18.3 Å². The van der Waals surface area contributed by atoms with E-state index in [0.717, 1.165) is 5.56 Å². The van der Waals surface area contributed by atoms with Gasteiger partial charge in [0.05, 0.1) is 12.7 Å². The summed E-state index contributed by atoms with van der Waals surface area (Å²) in [5, 5.41) is 23.0. The molecule has 0 amide bonds. The number of aliphatic carboxylic acids is 2. The van der Waals surface area contributed by atoms with E-state index in [1.807, 2.05) is 19.1 Å². The Morgan fingerprint density at radius 2 is 1.40 bits per heavy atom. The van der Waals surface area contributed by atoms with Crippen LogP contribution in [0.2, 0.25) is 0 Å². The second-order valence-corrected chi connectivity index (χ2v) is 3.87. The minimum atomic E-state index is -5.08. The van der Waals surface area contributed by atoms with Crippen molar-refractivity contribution in [2.24, 2.45) is 0 Å². The van der Waals surface area contributed by atoms with Crippen LogP contribution in [-0.2, 0) is 9.59 Å². The summed E-state index contributed by atoms with van der Waals surface area (Å²) in [5.41, 5.74) is 1.57. The third-order valence-corrected chi connectivity index (χ3v) is 2.05. The molecule has 1 rings (SSSR count). The Labute approximate surface area is 136 Å². The molecule has 2 N–H and O–H groups in total. The van der Waals surface area contributed by atoms with Gasteiger partial charge >= 0.3 is 24.3 Å². The van der Waals surface area contributed by atoms with E-state index >= 15 is 0 Å². The summed E-state index contributed by atoms with van der Waals surface area (Å²) in [5.74, 6) is -4.87. The molecule has 1 aromatic rings. The number of hydrogen-bond acceptors (Lipinski definition) is 4. The second-order valence-electron chi connectivity index (χ2n) is 3.87. The minimum Gasteiger partial charge on any atom is -0.495 e. The van der Waals surface area contributed by atoms with Crippen molar-refractivity contribution in [1.82, 2.24) is 0 Å². The molecule has 0 saturated heterocycles. The molecule has 0 aromatic heterocycles. The number of benzene rings is 1. The number of carboxylic acid groups (broad SMARTS) is 2. The number of carboxylic acids is 2. The van der Waals surface area contributed by atoms with Crippen LogP contribution in [0.3, 0.4) is 0 Å². The molecule has 12 heteroatoms. The van der Waals surface area contributed by atoms with Crippen LogP contribution in [-0.4, -0.2) is 41.6 Å². The SMILES string of the molecule is COc1cccc(C)c1C#N.O=C(O)C(F)(F)F.O=C(O)C(F)(F)F. The first-order valence-corrected chi connectivity index (χ1v) is 5.82. The fraction of sp³-hybridized carbons (Fsp3) is 0.308. The van der Waals surface area contributed by atoms with Crippen molar-refractivity contribution in [3.05, 3.63) is 29.3 Å². The van der Waals surface area contributed by atoms with Gasteiger partial charge in [0.2, 0.25) is 0 Å². The highest BCUT2D eigenvalue weighted by atomic mass is 19.4. The first-order chi connectivity index (χ1) is 11.2. The Hall–Kier alpha value is -2.97. The highest BCUT2D eigenvalue weighted by molar-refractivity contribution is 5.73. The van der Waals surface area contributed by atoms with Gasteiger partial charge in [-0.05, 0) is 18.6 Å². The lowest BCUT2D eigenvalue weighted by Crippen LogP contribution is -2.21. The van der Waals surface area contributed by atoms with Gasteiger partial charge in [-0.2, -0.15) is 31.6 Å². The Kier molecular flexibility index (Phi) is 9.73. The van der Waals surface area contributed by atoms with E-state index in [1.165, 1.54) is 0 Å². The molecule has 1 aromatic carbocycles. The molecule has 0 bridgehead atoms. The van der Waals surface area contributed by atoms with Crippen molar-refractivity contribution in [3.63, 3.8) is 0 Å². The third kappa shape index (κ3) is 10.4. The highest BCUT2D eigenvalue weighted by Crippen LogP contribution is 2.19. The number of carbonyl (C=O) groups is 2. The van der Waals surface area contributed by atoms with Crippen molar-refractivity contribution in [1.29, 1.82) is 5.26 Å². The van der Waals surface area contributed by atoms with Gasteiger partial charge in [0.1, 0.15) is 11.8 Å². The summed E-state index contributed by atoms with van der Waals surface area (Å²) in [6.07, 6.45) is -10.2. The van der Waals surface area contributed by atoms with Gasteiger partial charge in [0.25, 0.3) is 0 Å². The Bertz CT molecular complexity index is 609. The predicted molar refractivity (Wildman–Crippen MR) is 69.8 cm³/mol. The lowest BCUT2D eigenvalue weighted by Gasteiger charge is -2.03. The van der Waals surface area contributed by atoms with E-state index in [-0.39, 0.29) is 0 Å². The zero-order valence-electron chi connectivity index (χ0n) is 12.6. The summed E-state index contributed by atoms with van der Waals surface area (Å²) < 4.78 is 68.5. The third-order valence-electron chi connectivity index (χ3n) is 2.05. The smallest absolute Gasteiger partial charge is 0.490 e. The first-order valence-electron chi connectivity index (χ1n) is 5.82. The Morgan fingerprint density at radius 1 is 1.04 bits per heavy atom. The number of ether oxygens (including phenoxy) is 1. The molecule has 0 aliphatic rings. The average Bonchev–Trinajstić information content (AvgIpc) is 2.46. The zero-order valence-corrected chi connectivity index (χ0v) is 12.6. The topological polar surface area (TPSA) is 108 Å². The van der Waals surface area contributed by atoms with Gasteiger partial charge in [-0.1, -0.05) is 12.1 Å². The van der Waals surface area contributed by atoms with Gasteiger partial charge < -0.3 is 14.9 Å². The number of methoxy groups -OCH3 is 1. The molecule has 0 fully saturated rings. The summed E-state index contributed by atoms with van der Waals surface area (Å²) in [7, 11) is 1.57. The van der Waals surface area contributed by atoms with E-state index in [0.29, 0.717) is 11.3 Å². The molecule has 0 aliphatic heterocycles. The molecule has 0 radical (unpaired) electrons.